The fraction of sp³-hybridized carbons (Fsp3) is 0.346. The molecule has 0 spiro atoms. The molecule has 1 saturated carbocycles. The average Bonchev–Trinajstić information content (AvgIpc) is 3.46. The monoisotopic (exact) mass is 431 g/mol. The highest BCUT2D eigenvalue weighted by Gasteiger charge is 2.59. The van der Waals surface area contributed by atoms with Crippen LogP contribution in [0, 0.1) is 23.7 Å². The number of carbonyl (C=O) groups excluding carboxylic acids is 3. The molecular weight excluding hydrogens is 406 g/mol. The van der Waals surface area contributed by atoms with Crippen LogP contribution in [0.15, 0.2) is 60.7 Å². The van der Waals surface area contributed by atoms with Crippen LogP contribution in [-0.2, 0) is 20.9 Å². The van der Waals surface area contributed by atoms with E-state index in [4.69, 9.17) is 9.47 Å². The number of hydrogen-bond acceptors (Lipinski definition) is 5. The molecule has 4 atom stereocenters. The lowest BCUT2D eigenvalue weighted by atomic mass is 9.85. The van der Waals surface area contributed by atoms with E-state index in [0.717, 1.165) is 12.0 Å². The number of carbonyl (C=O) groups is 3. The molecule has 1 saturated heterocycles. The van der Waals surface area contributed by atoms with Crippen molar-refractivity contribution in [3.63, 3.8) is 0 Å². The second-order valence-corrected chi connectivity index (χ2v) is 8.95. The van der Waals surface area contributed by atoms with E-state index in [9.17, 15) is 14.4 Å². The van der Waals surface area contributed by atoms with Gasteiger partial charge in [0.2, 0.25) is 11.8 Å². The maximum absolute atomic E-state index is 12.9. The van der Waals surface area contributed by atoms with E-state index in [-0.39, 0.29) is 47.6 Å². The van der Waals surface area contributed by atoms with Gasteiger partial charge in [0.25, 0.3) is 0 Å². The van der Waals surface area contributed by atoms with E-state index in [2.05, 4.69) is 12.2 Å². The number of ether oxygens (including phenoxy) is 2. The van der Waals surface area contributed by atoms with Crippen molar-refractivity contribution in [1.82, 2.24) is 0 Å². The Kier molecular flexibility index (Phi) is 5.08. The minimum Gasteiger partial charge on any atom is -0.489 e. The third kappa shape index (κ3) is 3.49. The lowest BCUT2D eigenvalue weighted by Gasteiger charge is -2.17. The van der Waals surface area contributed by atoms with Crippen LogP contribution in [0.25, 0.3) is 0 Å². The zero-order chi connectivity index (χ0) is 22.4. The first-order chi connectivity index (χ1) is 15.4. The van der Waals surface area contributed by atoms with Gasteiger partial charge in [-0.25, -0.2) is 4.79 Å². The molecule has 2 amide bonds. The second kappa shape index (κ2) is 7.93. The molecule has 2 aliphatic carbocycles. The number of imide groups is 1. The van der Waals surface area contributed by atoms with Gasteiger partial charge in [-0.15, -0.1) is 0 Å². The summed E-state index contributed by atoms with van der Waals surface area (Å²) in [6.07, 6.45) is 4.95. The molecule has 2 aromatic carbocycles. The minimum atomic E-state index is -0.345. The van der Waals surface area contributed by atoms with Crippen LogP contribution in [0.5, 0.6) is 5.75 Å². The molecular formula is C26H25NO5. The summed E-state index contributed by atoms with van der Waals surface area (Å²) < 4.78 is 11.0. The molecule has 0 aromatic heterocycles. The van der Waals surface area contributed by atoms with Crippen molar-refractivity contribution in [2.45, 2.75) is 33.0 Å². The van der Waals surface area contributed by atoms with Crippen LogP contribution in [0.1, 0.15) is 36.2 Å². The SMILES string of the molecule is CC(C)OC(=O)c1ccc(COc2ccc(N3C(=O)[C@@H]4[C@@H](C3=O)[C@H]3C=C[C@H]4C3)cc2)cc1. The van der Waals surface area contributed by atoms with Crippen LogP contribution in [0.3, 0.4) is 0 Å². The number of allylic oxidation sites excluding steroid dienone is 2. The van der Waals surface area contributed by atoms with Crippen molar-refractivity contribution in [3.05, 3.63) is 71.8 Å². The Morgan fingerprint density at radius 1 is 0.938 bits per heavy atom. The topological polar surface area (TPSA) is 72.9 Å². The molecule has 2 bridgehead atoms. The van der Waals surface area contributed by atoms with E-state index in [1.807, 2.05) is 26.0 Å². The Hall–Kier alpha value is -3.41. The first kappa shape index (κ1) is 20.5. The average molecular weight is 431 g/mol. The first-order valence-corrected chi connectivity index (χ1v) is 11.0. The van der Waals surface area contributed by atoms with E-state index in [1.54, 1.807) is 36.4 Å². The van der Waals surface area contributed by atoms with Crippen LogP contribution >= 0.6 is 0 Å². The Bertz CT molecular complexity index is 1060. The molecule has 32 heavy (non-hydrogen) atoms. The standard InChI is InChI=1S/C26H25NO5/c1-15(2)32-26(30)17-5-3-16(4-6-17)14-31-21-11-9-20(10-12-21)27-24(28)22-18-7-8-19(13-18)23(22)25(27)29/h3-12,15,18-19,22-23H,13-14H2,1-2H3/t18-,19-,22-,23-/m0/s1. The first-order valence-electron chi connectivity index (χ1n) is 11.0. The van der Waals surface area contributed by atoms with Crippen molar-refractivity contribution in [2.75, 3.05) is 4.90 Å². The molecule has 2 aromatic rings. The zero-order valence-corrected chi connectivity index (χ0v) is 18.1. The third-order valence-corrected chi connectivity index (χ3v) is 6.50. The van der Waals surface area contributed by atoms with Crippen molar-refractivity contribution in [1.29, 1.82) is 0 Å². The maximum atomic E-state index is 12.9. The quantitative estimate of drug-likeness (QED) is 0.390. The Morgan fingerprint density at radius 3 is 2.09 bits per heavy atom. The molecule has 3 aliphatic rings. The van der Waals surface area contributed by atoms with Crippen molar-refractivity contribution >= 4 is 23.5 Å². The molecule has 5 rings (SSSR count). The van der Waals surface area contributed by atoms with Gasteiger partial charge in [-0.2, -0.15) is 0 Å². The summed E-state index contributed by atoms with van der Waals surface area (Å²) in [6.45, 7) is 3.96. The molecule has 0 N–H and O–H groups in total. The number of benzene rings is 2. The third-order valence-electron chi connectivity index (χ3n) is 6.50. The summed E-state index contributed by atoms with van der Waals surface area (Å²) in [5, 5.41) is 0. The number of rotatable bonds is 6. The molecule has 0 unspecified atom stereocenters. The highest BCUT2D eigenvalue weighted by atomic mass is 16.5. The van der Waals surface area contributed by atoms with E-state index in [0.29, 0.717) is 23.6 Å². The van der Waals surface area contributed by atoms with Crippen LogP contribution in [-0.4, -0.2) is 23.9 Å². The molecule has 0 radical (unpaired) electrons. The maximum Gasteiger partial charge on any atom is 0.338 e. The molecule has 6 heteroatoms. The molecule has 1 aliphatic heterocycles. The van der Waals surface area contributed by atoms with Gasteiger partial charge in [-0.05, 0) is 74.1 Å². The fourth-order valence-corrected chi connectivity index (χ4v) is 5.03. The zero-order valence-electron chi connectivity index (χ0n) is 18.1. The summed E-state index contributed by atoms with van der Waals surface area (Å²) in [7, 11) is 0. The summed E-state index contributed by atoms with van der Waals surface area (Å²) in [4.78, 5) is 39.1. The van der Waals surface area contributed by atoms with Crippen molar-refractivity contribution in [2.24, 2.45) is 23.7 Å². The number of esters is 1. The fourth-order valence-electron chi connectivity index (χ4n) is 5.03. The van der Waals surface area contributed by atoms with Gasteiger partial charge in [-0.1, -0.05) is 24.3 Å². The largest absolute Gasteiger partial charge is 0.489 e. The van der Waals surface area contributed by atoms with Crippen LogP contribution in [0.4, 0.5) is 5.69 Å². The predicted molar refractivity (Wildman–Crippen MR) is 118 cm³/mol. The Morgan fingerprint density at radius 2 is 1.53 bits per heavy atom. The summed E-state index contributed by atoms with van der Waals surface area (Å²) in [6, 6.07) is 14.1. The number of nitrogens with zero attached hydrogens (tertiary/aromatic N) is 1. The Labute approximate surface area is 186 Å². The summed E-state index contributed by atoms with van der Waals surface area (Å²) >= 11 is 0. The van der Waals surface area contributed by atoms with Gasteiger partial charge in [0.05, 0.1) is 29.2 Å². The normalized spacial score (nSPS) is 25.5. The van der Waals surface area contributed by atoms with E-state index >= 15 is 0 Å². The number of hydrogen-bond donors (Lipinski definition) is 0. The highest BCUT2D eigenvalue weighted by molar-refractivity contribution is 6.22. The van der Waals surface area contributed by atoms with Crippen LogP contribution < -0.4 is 9.64 Å². The molecule has 164 valence electrons. The molecule has 2 fully saturated rings. The van der Waals surface area contributed by atoms with Gasteiger partial charge in [-0.3, -0.25) is 14.5 Å². The number of fused-ring (bicyclic) bond motifs is 5. The lowest BCUT2D eigenvalue weighted by molar-refractivity contribution is -0.123. The Balaban J connectivity index is 1.21. The second-order valence-electron chi connectivity index (χ2n) is 8.95. The van der Waals surface area contributed by atoms with Crippen molar-refractivity contribution < 1.29 is 23.9 Å². The van der Waals surface area contributed by atoms with Gasteiger partial charge >= 0.3 is 5.97 Å². The lowest BCUT2D eigenvalue weighted by Crippen LogP contribution is -2.32. The highest BCUT2D eigenvalue weighted by Crippen LogP contribution is 2.53. The van der Waals surface area contributed by atoms with Crippen molar-refractivity contribution in [3.8, 4) is 5.75 Å². The van der Waals surface area contributed by atoms with Gasteiger partial charge in [0.15, 0.2) is 0 Å². The smallest absolute Gasteiger partial charge is 0.338 e. The molecule has 1 heterocycles. The predicted octanol–water partition coefficient (Wildman–Crippen LogP) is 4.14. The number of anilines is 1. The van der Waals surface area contributed by atoms with Gasteiger partial charge in [0, 0.05) is 0 Å². The number of amides is 2. The van der Waals surface area contributed by atoms with Gasteiger partial charge < -0.3 is 9.47 Å². The van der Waals surface area contributed by atoms with E-state index in [1.165, 1.54) is 4.90 Å². The molecule has 6 nitrogen and oxygen atoms in total. The summed E-state index contributed by atoms with van der Waals surface area (Å²) in [5.74, 6) is 0.132. The van der Waals surface area contributed by atoms with Gasteiger partial charge in [0.1, 0.15) is 12.4 Å². The summed E-state index contributed by atoms with van der Waals surface area (Å²) in [5.41, 5.74) is 2.00. The van der Waals surface area contributed by atoms with E-state index < -0.39 is 0 Å². The minimum absolute atomic E-state index is 0.0819. The van der Waals surface area contributed by atoms with Crippen LogP contribution in [0.2, 0.25) is 0 Å².